The molecule has 1 N–H and O–H groups in total. The fraction of sp³-hybridized carbons (Fsp3) is 0.474. The summed E-state index contributed by atoms with van der Waals surface area (Å²) in [6.45, 7) is 0. The third kappa shape index (κ3) is 3.34. The molecule has 0 spiro atoms. The Hall–Kier alpha value is -2.33. The number of furan rings is 1. The molecule has 1 aliphatic heterocycles. The molecule has 2 aliphatic carbocycles. The summed E-state index contributed by atoms with van der Waals surface area (Å²) in [7, 11) is 0. The molecule has 1 saturated carbocycles. The number of thioether (sulfide) groups is 1. The molecule has 7 heteroatoms. The van der Waals surface area contributed by atoms with Crippen LogP contribution in [0.5, 0.6) is 0 Å². The highest BCUT2D eigenvalue weighted by Crippen LogP contribution is 2.44. The van der Waals surface area contributed by atoms with E-state index in [0.717, 1.165) is 31.4 Å². The molecule has 26 heavy (non-hydrogen) atoms. The van der Waals surface area contributed by atoms with Crippen LogP contribution in [0.2, 0.25) is 0 Å². The van der Waals surface area contributed by atoms with Gasteiger partial charge in [-0.25, -0.2) is 4.99 Å². The van der Waals surface area contributed by atoms with Crippen molar-refractivity contribution in [2.75, 3.05) is 5.75 Å². The maximum absolute atomic E-state index is 12.5. The van der Waals surface area contributed by atoms with Crippen molar-refractivity contribution in [1.29, 1.82) is 5.26 Å². The summed E-state index contributed by atoms with van der Waals surface area (Å²) < 4.78 is 5.56. The number of ketones is 1. The minimum Gasteiger partial charge on any atom is -0.469 e. The van der Waals surface area contributed by atoms with Crippen molar-refractivity contribution in [2.45, 2.75) is 44.1 Å². The lowest BCUT2D eigenvalue weighted by Crippen LogP contribution is -2.32. The van der Waals surface area contributed by atoms with Gasteiger partial charge in [-0.3, -0.25) is 9.59 Å². The monoisotopic (exact) mass is 369 g/mol. The van der Waals surface area contributed by atoms with Crippen LogP contribution in [-0.4, -0.2) is 28.5 Å². The summed E-state index contributed by atoms with van der Waals surface area (Å²) in [6.07, 6.45) is 5.60. The zero-order valence-corrected chi connectivity index (χ0v) is 15.1. The van der Waals surface area contributed by atoms with Gasteiger partial charge >= 0.3 is 0 Å². The summed E-state index contributed by atoms with van der Waals surface area (Å²) in [5.41, 5.74) is 1.36. The topological polar surface area (TPSA) is 95.5 Å². The van der Waals surface area contributed by atoms with Gasteiger partial charge in [0.2, 0.25) is 5.91 Å². The smallest absolute Gasteiger partial charge is 0.230 e. The molecule has 1 fully saturated rings. The number of carbonyl (C=O) groups is 2. The molecule has 0 saturated heterocycles. The Kier molecular flexibility index (Phi) is 4.68. The number of Topliss-reactive ketones (excluding diaryl/α,β-unsaturated/α-hetero) is 1. The van der Waals surface area contributed by atoms with Crippen molar-refractivity contribution >= 4 is 28.5 Å². The van der Waals surface area contributed by atoms with Gasteiger partial charge in [0.25, 0.3) is 0 Å². The second-order valence-corrected chi connectivity index (χ2v) is 7.81. The van der Waals surface area contributed by atoms with Gasteiger partial charge in [0.05, 0.1) is 29.0 Å². The Morgan fingerprint density at radius 2 is 2.27 bits per heavy atom. The van der Waals surface area contributed by atoms with Crippen LogP contribution < -0.4 is 5.32 Å². The fourth-order valence-electron chi connectivity index (χ4n) is 3.49. The maximum atomic E-state index is 12.5. The first-order valence-corrected chi connectivity index (χ1v) is 9.86. The first-order chi connectivity index (χ1) is 12.7. The molecular weight excluding hydrogens is 350 g/mol. The normalized spacial score (nSPS) is 25.3. The molecule has 1 aromatic rings. The van der Waals surface area contributed by atoms with Crippen LogP contribution in [-0.2, 0) is 9.59 Å². The predicted molar refractivity (Wildman–Crippen MR) is 97.5 cm³/mol. The molecule has 0 aromatic carbocycles. The van der Waals surface area contributed by atoms with E-state index in [-0.39, 0.29) is 17.4 Å². The maximum Gasteiger partial charge on any atom is 0.230 e. The summed E-state index contributed by atoms with van der Waals surface area (Å²) in [4.78, 5) is 29.2. The summed E-state index contributed by atoms with van der Waals surface area (Å²) in [5, 5.41) is 13.4. The van der Waals surface area contributed by atoms with Gasteiger partial charge in [0.1, 0.15) is 11.7 Å². The summed E-state index contributed by atoms with van der Waals surface area (Å²) in [5.74, 6) is -0.201. The molecule has 0 radical (unpaired) electrons. The number of hydrogen-bond donors (Lipinski definition) is 1. The molecule has 1 amide bonds. The number of rotatable bonds is 4. The SMILES string of the molecule is N#CC1C(SCC(=O)NC2CC2)=NC2=C(C(=O)CCC2)[C@@H]1c1ccco1. The van der Waals surface area contributed by atoms with E-state index < -0.39 is 11.8 Å². The van der Waals surface area contributed by atoms with Crippen molar-refractivity contribution in [2.24, 2.45) is 10.9 Å². The molecule has 3 aliphatic rings. The van der Waals surface area contributed by atoms with E-state index in [1.54, 1.807) is 18.4 Å². The lowest BCUT2D eigenvalue weighted by Gasteiger charge is -2.31. The highest BCUT2D eigenvalue weighted by Gasteiger charge is 2.42. The quantitative estimate of drug-likeness (QED) is 0.880. The highest BCUT2D eigenvalue weighted by atomic mass is 32.2. The summed E-state index contributed by atoms with van der Waals surface area (Å²) in [6, 6.07) is 6.17. The highest BCUT2D eigenvalue weighted by molar-refractivity contribution is 8.14. The van der Waals surface area contributed by atoms with E-state index in [0.29, 0.717) is 28.8 Å². The van der Waals surface area contributed by atoms with Gasteiger partial charge in [-0.1, -0.05) is 11.8 Å². The minimum atomic E-state index is -0.610. The zero-order valence-electron chi connectivity index (χ0n) is 14.2. The second kappa shape index (κ2) is 7.12. The van der Waals surface area contributed by atoms with Crippen LogP contribution in [0.1, 0.15) is 43.8 Å². The van der Waals surface area contributed by atoms with Crippen LogP contribution in [0.4, 0.5) is 0 Å². The molecule has 2 heterocycles. The Balaban J connectivity index is 1.63. The first kappa shape index (κ1) is 17.1. The van der Waals surface area contributed by atoms with Crippen LogP contribution in [0.15, 0.2) is 39.1 Å². The van der Waals surface area contributed by atoms with Crippen LogP contribution >= 0.6 is 11.8 Å². The third-order valence-corrected chi connectivity index (χ3v) is 5.91. The number of carbonyl (C=O) groups excluding carboxylic acids is 2. The van der Waals surface area contributed by atoms with Crippen LogP contribution in [0, 0.1) is 17.2 Å². The third-order valence-electron chi connectivity index (χ3n) is 4.87. The number of aliphatic imine (C=N–C) groups is 1. The Labute approximate surface area is 155 Å². The summed E-state index contributed by atoms with van der Waals surface area (Å²) >= 11 is 1.29. The lowest BCUT2D eigenvalue weighted by atomic mass is 9.76. The van der Waals surface area contributed by atoms with Gasteiger partial charge < -0.3 is 9.73 Å². The van der Waals surface area contributed by atoms with Gasteiger partial charge in [-0.05, 0) is 37.8 Å². The van der Waals surface area contributed by atoms with Crippen molar-refractivity contribution in [1.82, 2.24) is 5.32 Å². The predicted octanol–water partition coefficient (Wildman–Crippen LogP) is 2.93. The van der Waals surface area contributed by atoms with E-state index in [9.17, 15) is 14.9 Å². The van der Waals surface area contributed by atoms with E-state index in [1.807, 2.05) is 0 Å². The molecule has 4 rings (SSSR count). The van der Waals surface area contributed by atoms with E-state index >= 15 is 0 Å². The van der Waals surface area contributed by atoms with Gasteiger partial charge in [0.15, 0.2) is 5.78 Å². The fourth-order valence-corrected chi connectivity index (χ4v) is 4.40. The lowest BCUT2D eigenvalue weighted by molar-refractivity contribution is -0.119. The second-order valence-electron chi connectivity index (χ2n) is 6.82. The molecule has 6 nitrogen and oxygen atoms in total. The molecule has 2 atom stereocenters. The van der Waals surface area contributed by atoms with Crippen LogP contribution in [0.25, 0.3) is 0 Å². The van der Waals surface area contributed by atoms with Crippen molar-refractivity contribution in [3.05, 3.63) is 35.4 Å². The van der Waals surface area contributed by atoms with E-state index in [1.165, 1.54) is 11.8 Å². The number of nitrogens with zero attached hydrogens (tertiary/aromatic N) is 2. The molecule has 1 unspecified atom stereocenters. The largest absolute Gasteiger partial charge is 0.469 e. The standard InChI is InChI=1S/C19H19N3O3S/c20-9-12-17(15-5-2-8-25-15)18-13(3-1-4-14(18)23)22-19(12)26-10-16(24)21-11-6-7-11/h2,5,8,11-12,17H,1,3-4,6-7,10H2,(H,21,24)/t12?,17-/m0/s1. The molecule has 134 valence electrons. The van der Waals surface area contributed by atoms with E-state index in [2.05, 4.69) is 16.4 Å². The Morgan fingerprint density at radius 1 is 1.42 bits per heavy atom. The number of allylic oxidation sites excluding steroid dienone is 2. The molecule has 0 bridgehead atoms. The Morgan fingerprint density at radius 3 is 2.96 bits per heavy atom. The van der Waals surface area contributed by atoms with Crippen molar-refractivity contribution < 1.29 is 14.0 Å². The minimum absolute atomic E-state index is 0.0362. The molecule has 1 aromatic heterocycles. The van der Waals surface area contributed by atoms with E-state index in [4.69, 9.17) is 4.42 Å². The Bertz CT molecular complexity index is 831. The van der Waals surface area contributed by atoms with Crippen molar-refractivity contribution in [3.8, 4) is 6.07 Å². The average molecular weight is 369 g/mol. The number of hydrogen-bond acceptors (Lipinski definition) is 6. The number of nitriles is 1. The molecular formula is C19H19N3O3S. The first-order valence-electron chi connectivity index (χ1n) is 8.87. The average Bonchev–Trinajstić information content (AvgIpc) is 3.28. The van der Waals surface area contributed by atoms with Gasteiger partial charge in [-0.2, -0.15) is 5.26 Å². The van der Waals surface area contributed by atoms with Crippen molar-refractivity contribution in [3.63, 3.8) is 0 Å². The van der Waals surface area contributed by atoms with Crippen LogP contribution in [0.3, 0.4) is 0 Å². The zero-order chi connectivity index (χ0) is 18.1. The van der Waals surface area contributed by atoms with Gasteiger partial charge in [0, 0.05) is 23.7 Å². The number of amides is 1. The number of nitrogens with one attached hydrogen (secondary N) is 1. The van der Waals surface area contributed by atoms with Gasteiger partial charge in [-0.15, -0.1) is 0 Å².